The first-order valence-corrected chi connectivity index (χ1v) is 6.16. The number of hydrogen-bond donors (Lipinski definition) is 1. The van der Waals surface area contributed by atoms with Crippen molar-refractivity contribution < 1.29 is 9.47 Å². The molecule has 0 bridgehead atoms. The third kappa shape index (κ3) is 3.45. The minimum atomic E-state index is 0.213. The summed E-state index contributed by atoms with van der Waals surface area (Å²) in [4.78, 5) is 0. The smallest absolute Gasteiger partial charge is 0.119 e. The van der Waals surface area contributed by atoms with Crippen molar-refractivity contribution in [2.45, 2.75) is 13.3 Å². The summed E-state index contributed by atoms with van der Waals surface area (Å²) in [5.74, 6) is 0.950. The topological polar surface area (TPSA) is 30.5 Å². The highest BCUT2D eigenvalue weighted by molar-refractivity contribution is 5.27. The van der Waals surface area contributed by atoms with Crippen molar-refractivity contribution >= 4 is 0 Å². The fourth-order valence-corrected chi connectivity index (χ4v) is 1.81. The molecule has 0 aliphatic carbocycles. The Labute approximate surface area is 103 Å². The van der Waals surface area contributed by atoms with Crippen molar-refractivity contribution in [2.24, 2.45) is 5.41 Å². The molecule has 0 atom stereocenters. The molecule has 1 fully saturated rings. The fraction of sp³-hybridized carbons (Fsp3) is 0.571. The van der Waals surface area contributed by atoms with Gasteiger partial charge in [-0.2, -0.15) is 0 Å². The van der Waals surface area contributed by atoms with Gasteiger partial charge in [-0.15, -0.1) is 0 Å². The van der Waals surface area contributed by atoms with E-state index in [0.29, 0.717) is 0 Å². The van der Waals surface area contributed by atoms with Crippen LogP contribution < -0.4 is 10.1 Å². The summed E-state index contributed by atoms with van der Waals surface area (Å²) in [5, 5.41) is 3.15. The van der Waals surface area contributed by atoms with Crippen molar-refractivity contribution in [3.8, 4) is 5.75 Å². The maximum atomic E-state index is 5.78. The lowest BCUT2D eigenvalue weighted by atomic mass is 9.90. The molecule has 94 valence electrons. The van der Waals surface area contributed by atoms with Gasteiger partial charge in [-0.3, -0.25) is 0 Å². The summed E-state index contributed by atoms with van der Waals surface area (Å²) < 4.78 is 11.0. The van der Waals surface area contributed by atoms with E-state index in [1.165, 1.54) is 5.56 Å². The molecule has 0 unspecified atom stereocenters. The first kappa shape index (κ1) is 12.4. The molecule has 0 aromatic heterocycles. The lowest BCUT2D eigenvalue weighted by Gasteiger charge is -2.37. The normalized spacial score (nSPS) is 17.5. The van der Waals surface area contributed by atoms with Gasteiger partial charge >= 0.3 is 0 Å². The number of likely N-dealkylation sites (N-methyl/N-ethyl adjacent to an activating group) is 1. The first-order valence-electron chi connectivity index (χ1n) is 6.16. The van der Waals surface area contributed by atoms with Gasteiger partial charge < -0.3 is 14.8 Å². The van der Waals surface area contributed by atoms with Crippen LogP contribution in [0.5, 0.6) is 5.75 Å². The van der Waals surface area contributed by atoms with Crippen LogP contribution in [0, 0.1) is 5.41 Å². The zero-order valence-corrected chi connectivity index (χ0v) is 10.7. The minimum absolute atomic E-state index is 0.213. The number of ether oxygens (including phenoxy) is 2. The number of rotatable bonds is 6. The van der Waals surface area contributed by atoms with Crippen LogP contribution in [0.25, 0.3) is 0 Å². The van der Waals surface area contributed by atoms with E-state index in [-0.39, 0.29) is 5.41 Å². The molecule has 17 heavy (non-hydrogen) atoms. The molecule has 1 aliphatic heterocycles. The third-order valence-corrected chi connectivity index (χ3v) is 3.08. The van der Waals surface area contributed by atoms with Crippen molar-refractivity contribution in [2.75, 3.05) is 33.4 Å². The molecule has 1 N–H and O–H groups in total. The maximum absolute atomic E-state index is 5.78. The summed E-state index contributed by atoms with van der Waals surface area (Å²) in [5.41, 5.74) is 1.55. The summed E-state index contributed by atoms with van der Waals surface area (Å²) in [6.45, 7) is 5.57. The Balaban J connectivity index is 1.81. The Morgan fingerprint density at radius 2 is 2.00 bits per heavy atom. The SMILES string of the molecule is CNCCc1ccc(OCC2(C)COC2)cc1. The predicted molar refractivity (Wildman–Crippen MR) is 68.5 cm³/mol. The molecule has 1 aliphatic rings. The maximum Gasteiger partial charge on any atom is 0.119 e. The quantitative estimate of drug-likeness (QED) is 0.816. The van der Waals surface area contributed by atoms with Gasteiger partial charge in [-0.25, -0.2) is 0 Å². The van der Waals surface area contributed by atoms with Crippen LogP contribution in [-0.4, -0.2) is 33.4 Å². The summed E-state index contributed by atoms with van der Waals surface area (Å²) in [7, 11) is 1.97. The molecule has 1 aromatic rings. The highest BCUT2D eigenvalue weighted by atomic mass is 16.5. The Kier molecular flexibility index (Phi) is 4.02. The van der Waals surface area contributed by atoms with Gasteiger partial charge in [0.05, 0.1) is 19.8 Å². The van der Waals surface area contributed by atoms with Gasteiger partial charge in [0.1, 0.15) is 5.75 Å². The van der Waals surface area contributed by atoms with Gasteiger partial charge in [-0.05, 0) is 37.7 Å². The standard InChI is InChI=1S/C14H21NO2/c1-14(9-16-10-14)11-17-13-5-3-12(4-6-13)7-8-15-2/h3-6,15H,7-11H2,1-2H3. The Bertz CT molecular complexity index is 344. The monoisotopic (exact) mass is 235 g/mol. The lowest BCUT2D eigenvalue weighted by Crippen LogP contribution is -2.44. The summed E-state index contributed by atoms with van der Waals surface area (Å²) >= 11 is 0. The molecule has 0 saturated carbocycles. The van der Waals surface area contributed by atoms with Crippen LogP contribution in [-0.2, 0) is 11.2 Å². The van der Waals surface area contributed by atoms with Crippen LogP contribution in [0.15, 0.2) is 24.3 Å². The largest absolute Gasteiger partial charge is 0.493 e. The van der Waals surface area contributed by atoms with Gasteiger partial charge in [-0.1, -0.05) is 19.1 Å². The molecular weight excluding hydrogens is 214 g/mol. The summed E-state index contributed by atoms with van der Waals surface area (Å²) in [6.07, 6.45) is 1.06. The van der Waals surface area contributed by atoms with E-state index in [1.807, 2.05) is 19.2 Å². The van der Waals surface area contributed by atoms with E-state index in [2.05, 4.69) is 24.4 Å². The van der Waals surface area contributed by atoms with E-state index in [1.54, 1.807) is 0 Å². The molecule has 0 spiro atoms. The molecule has 2 rings (SSSR count). The molecule has 3 nitrogen and oxygen atoms in total. The molecular formula is C14H21NO2. The Hall–Kier alpha value is -1.06. The highest BCUT2D eigenvalue weighted by Gasteiger charge is 2.34. The van der Waals surface area contributed by atoms with Gasteiger partial charge in [0, 0.05) is 5.41 Å². The second-order valence-corrected chi connectivity index (χ2v) is 5.09. The minimum Gasteiger partial charge on any atom is -0.493 e. The number of benzene rings is 1. The van der Waals surface area contributed by atoms with Gasteiger partial charge in [0.2, 0.25) is 0 Å². The van der Waals surface area contributed by atoms with E-state index in [9.17, 15) is 0 Å². The third-order valence-electron chi connectivity index (χ3n) is 3.08. The number of hydrogen-bond acceptors (Lipinski definition) is 3. The first-order chi connectivity index (χ1) is 8.22. The molecule has 1 aromatic carbocycles. The predicted octanol–water partition coefficient (Wildman–Crippen LogP) is 1.86. The Morgan fingerprint density at radius 1 is 1.29 bits per heavy atom. The van der Waals surface area contributed by atoms with Gasteiger partial charge in [0.25, 0.3) is 0 Å². The number of nitrogens with one attached hydrogen (secondary N) is 1. The summed E-state index contributed by atoms with van der Waals surface area (Å²) in [6, 6.07) is 8.36. The average Bonchev–Trinajstić information content (AvgIpc) is 2.33. The van der Waals surface area contributed by atoms with Crippen molar-refractivity contribution in [3.05, 3.63) is 29.8 Å². The average molecular weight is 235 g/mol. The van der Waals surface area contributed by atoms with Crippen LogP contribution in [0.2, 0.25) is 0 Å². The molecule has 0 radical (unpaired) electrons. The molecule has 3 heteroatoms. The Morgan fingerprint density at radius 3 is 2.53 bits per heavy atom. The fourth-order valence-electron chi connectivity index (χ4n) is 1.81. The molecule has 0 amide bonds. The second-order valence-electron chi connectivity index (χ2n) is 5.09. The van der Waals surface area contributed by atoms with Crippen LogP contribution in [0.3, 0.4) is 0 Å². The highest BCUT2D eigenvalue weighted by Crippen LogP contribution is 2.27. The molecule has 1 heterocycles. The lowest BCUT2D eigenvalue weighted by molar-refractivity contribution is -0.120. The zero-order valence-electron chi connectivity index (χ0n) is 10.7. The van der Waals surface area contributed by atoms with E-state index >= 15 is 0 Å². The van der Waals surface area contributed by atoms with Crippen molar-refractivity contribution in [3.63, 3.8) is 0 Å². The van der Waals surface area contributed by atoms with Crippen LogP contribution in [0.1, 0.15) is 12.5 Å². The molecule has 1 saturated heterocycles. The van der Waals surface area contributed by atoms with Gasteiger partial charge in [0.15, 0.2) is 0 Å². The van der Waals surface area contributed by atoms with Crippen molar-refractivity contribution in [1.29, 1.82) is 0 Å². The van der Waals surface area contributed by atoms with Crippen LogP contribution >= 0.6 is 0 Å². The second kappa shape index (κ2) is 5.52. The van der Waals surface area contributed by atoms with Crippen LogP contribution in [0.4, 0.5) is 0 Å². The van der Waals surface area contributed by atoms with E-state index in [0.717, 1.165) is 38.5 Å². The zero-order chi connectivity index (χ0) is 12.1. The van der Waals surface area contributed by atoms with E-state index < -0.39 is 0 Å². The van der Waals surface area contributed by atoms with E-state index in [4.69, 9.17) is 9.47 Å². The van der Waals surface area contributed by atoms with Crippen molar-refractivity contribution in [1.82, 2.24) is 5.32 Å².